The minimum absolute atomic E-state index is 0.177. The lowest BCUT2D eigenvalue weighted by Gasteiger charge is -2.25. The number of aryl methyl sites for hydroxylation is 1. The summed E-state index contributed by atoms with van der Waals surface area (Å²) >= 11 is 0. The molecule has 1 saturated carbocycles. The van der Waals surface area contributed by atoms with E-state index in [-0.39, 0.29) is 4.90 Å². The maximum absolute atomic E-state index is 14.4. The quantitative estimate of drug-likeness (QED) is 0.209. The summed E-state index contributed by atoms with van der Waals surface area (Å²) in [4.78, 5) is 15.1. The van der Waals surface area contributed by atoms with Crippen LogP contribution >= 0.6 is 0 Å². The number of aromatic amines is 1. The number of nitrogens with zero attached hydrogens (tertiary/aromatic N) is 4. The van der Waals surface area contributed by atoms with Gasteiger partial charge in [-0.3, -0.25) is 4.90 Å². The summed E-state index contributed by atoms with van der Waals surface area (Å²) in [6, 6.07) is 30.5. The van der Waals surface area contributed by atoms with E-state index in [1.54, 1.807) is 30.3 Å². The average Bonchev–Trinajstić information content (AvgIpc) is 3.32. The molecule has 0 spiro atoms. The molecule has 226 valence electrons. The summed E-state index contributed by atoms with van der Waals surface area (Å²) in [7, 11) is -4.05. The lowest BCUT2D eigenvalue weighted by molar-refractivity contribution is 0.217. The third-order valence-electron chi connectivity index (χ3n) is 9.41. The van der Waals surface area contributed by atoms with E-state index >= 15 is 0 Å². The van der Waals surface area contributed by atoms with Crippen molar-refractivity contribution in [2.75, 3.05) is 24.0 Å². The summed E-state index contributed by atoms with van der Waals surface area (Å²) in [6.45, 7) is 5.31. The first-order valence-electron chi connectivity index (χ1n) is 15.3. The molecule has 8 rings (SSSR count). The smallest absolute Gasteiger partial charge is 0.269 e. The Kier molecular flexibility index (Phi) is 6.71. The first kappa shape index (κ1) is 27.9. The highest BCUT2D eigenvalue weighted by molar-refractivity contribution is 7.93. The molecule has 0 radical (unpaired) electrons. The Morgan fingerprint density at radius 1 is 0.889 bits per heavy atom. The zero-order valence-electron chi connectivity index (χ0n) is 24.8. The minimum Gasteiger partial charge on any atom is -0.396 e. The Morgan fingerprint density at radius 2 is 1.64 bits per heavy atom. The van der Waals surface area contributed by atoms with Crippen molar-refractivity contribution < 1.29 is 13.5 Å². The highest BCUT2D eigenvalue weighted by Gasteiger charge is 2.54. The molecule has 1 saturated heterocycles. The number of anilines is 2. The molecular formula is C36H33N5O3S. The molecule has 2 aromatic heterocycles. The normalized spacial score (nSPS) is 19.6. The van der Waals surface area contributed by atoms with Crippen molar-refractivity contribution in [2.24, 2.45) is 17.8 Å². The molecule has 8 nitrogen and oxygen atoms in total. The maximum atomic E-state index is 14.4. The van der Waals surface area contributed by atoms with Gasteiger partial charge in [-0.15, -0.1) is 0 Å². The van der Waals surface area contributed by atoms with E-state index in [9.17, 15) is 13.5 Å². The summed E-state index contributed by atoms with van der Waals surface area (Å²) < 4.78 is 30.0. The highest BCUT2D eigenvalue weighted by Crippen LogP contribution is 2.51. The second-order valence-electron chi connectivity index (χ2n) is 12.3. The summed E-state index contributed by atoms with van der Waals surface area (Å²) in [5.41, 5.74) is 6.30. The van der Waals surface area contributed by atoms with E-state index in [1.165, 1.54) is 16.2 Å². The molecule has 3 heterocycles. The van der Waals surface area contributed by atoms with Crippen molar-refractivity contribution in [1.29, 1.82) is 0 Å². The predicted octanol–water partition coefficient (Wildman–Crippen LogP) is 6.28. The lowest BCUT2D eigenvalue weighted by atomic mass is 10.0. The van der Waals surface area contributed by atoms with Gasteiger partial charge in [0.2, 0.25) is 0 Å². The summed E-state index contributed by atoms with van der Waals surface area (Å²) in [5, 5.41) is 11.0. The van der Waals surface area contributed by atoms with Crippen LogP contribution in [0.4, 0.5) is 11.5 Å². The topological polar surface area (TPSA) is 102 Å². The molecule has 2 N–H and O–H groups in total. The van der Waals surface area contributed by atoms with Gasteiger partial charge in [0.1, 0.15) is 6.33 Å². The molecule has 6 aromatic rings. The van der Waals surface area contributed by atoms with Gasteiger partial charge >= 0.3 is 0 Å². The molecule has 2 unspecified atom stereocenters. The number of piperidine rings is 1. The molecule has 0 bridgehead atoms. The Balaban J connectivity index is 1.18. The van der Waals surface area contributed by atoms with E-state index in [1.807, 2.05) is 49.4 Å². The largest absolute Gasteiger partial charge is 0.396 e. The first-order chi connectivity index (χ1) is 21.9. The number of benzene rings is 4. The molecule has 4 aromatic carbocycles. The van der Waals surface area contributed by atoms with Gasteiger partial charge in [-0.05, 0) is 89.9 Å². The zero-order valence-corrected chi connectivity index (χ0v) is 25.7. The van der Waals surface area contributed by atoms with Crippen LogP contribution in [-0.4, -0.2) is 53.1 Å². The molecule has 2 aliphatic rings. The third-order valence-corrected chi connectivity index (χ3v) is 11.1. The fraction of sp³-hybridized carbons (Fsp3) is 0.222. The van der Waals surface area contributed by atoms with Gasteiger partial charge in [0, 0.05) is 48.2 Å². The fourth-order valence-electron chi connectivity index (χ4n) is 7.05. The van der Waals surface area contributed by atoms with Crippen LogP contribution in [0, 0.1) is 24.7 Å². The molecule has 45 heavy (non-hydrogen) atoms. The zero-order chi connectivity index (χ0) is 30.7. The number of aromatic nitrogens is 3. The number of nitrogens with one attached hydrogen (secondary N) is 1. The minimum atomic E-state index is -4.05. The molecular weight excluding hydrogens is 582 g/mol. The van der Waals surface area contributed by atoms with Crippen LogP contribution in [0.25, 0.3) is 32.9 Å². The number of hydrogen-bond donors (Lipinski definition) is 2. The van der Waals surface area contributed by atoms with Crippen LogP contribution < -0.4 is 4.31 Å². The standard InChI is InChI=1S/C36H33N5O3S/c1-23-15-27-16-28(12-14-34(27)39-23)41(45(43,44)29-5-3-2-4-6-29)36-30-17-26(11-13-35(30)37-22-38-36)25-9-7-24(8-10-25)18-40-19-31-32(20-40)33(31)21-42/h2-17,22,31-33,39,42H,18-21H2,1H3. The van der Waals surface area contributed by atoms with Gasteiger partial charge in [0.05, 0.1) is 16.1 Å². The van der Waals surface area contributed by atoms with Crippen molar-refractivity contribution in [1.82, 2.24) is 19.9 Å². The molecule has 2 fully saturated rings. The van der Waals surface area contributed by atoms with Crippen LogP contribution in [0.15, 0.2) is 108 Å². The van der Waals surface area contributed by atoms with E-state index in [0.29, 0.717) is 46.8 Å². The van der Waals surface area contributed by atoms with Crippen molar-refractivity contribution in [3.63, 3.8) is 0 Å². The van der Waals surface area contributed by atoms with Crippen LogP contribution in [0.1, 0.15) is 11.3 Å². The number of sulfonamides is 1. The number of aliphatic hydroxyl groups is 1. The number of likely N-dealkylation sites (tertiary alicyclic amines) is 1. The van der Waals surface area contributed by atoms with Gasteiger partial charge in [0.25, 0.3) is 10.0 Å². The van der Waals surface area contributed by atoms with Gasteiger partial charge in [0.15, 0.2) is 5.82 Å². The average molecular weight is 616 g/mol. The molecule has 1 aliphatic carbocycles. The number of fused-ring (bicyclic) bond motifs is 3. The number of hydrogen-bond acceptors (Lipinski definition) is 6. The van der Waals surface area contributed by atoms with Gasteiger partial charge in [-0.2, -0.15) is 0 Å². The summed E-state index contributed by atoms with van der Waals surface area (Å²) in [5.74, 6) is 2.11. The fourth-order valence-corrected chi connectivity index (χ4v) is 8.52. The Labute approximate surface area is 262 Å². The SMILES string of the molecule is Cc1cc2cc(N(c3ncnc4ccc(-c5ccc(CN6CC7C(CO)C7C6)cc5)cc34)S(=O)(=O)c3ccccc3)ccc2[nH]1. The molecule has 0 amide bonds. The molecule has 1 aliphatic heterocycles. The second-order valence-corrected chi connectivity index (χ2v) is 14.1. The van der Waals surface area contributed by atoms with Crippen molar-refractivity contribution in [3.8, 4) is 11.1 Å². The van der Waals surface area contributed by atoms with E-state index < -0.39 is 10.0 Å². The highest BCUT2D eigenvalue weighted by atomic mass is 32.2. The third kappa shape index (κ3) is 4.97. The monoisotopic (exact) mass is 615 g/mol. The van der Waals surface area contributed by atoms with Crippen LogP contribution in [-0.2, 0) is 16.6 Å². The number of aliphatic hydroxyl groups excluding tert-OH is 1. The first-order valence-corrected chi connectivity index (χ1v) is 16.7. The molecule has 9 heteroatoms. The molecule has 2 atom stereocenters. The maximum Gasteiger partial charge on any atom is 0.269 e. The van der Waals surface area contributed by atoms with Gasteiger partial charge in [-0.1, -0.05) is 48.5 Å². The van der Waals surface area contributed by atoms with Crippen LogP contribution in [0.5, 0.6) is 0 Å². The van der Waals surface area contributed by atoms with E-state index in [4.69, 9.17) is 0 Å². The van der Waals surface area contributed by atoms with Crippen LogP contribution in [0.2, 0.25) is 0 Å². The second kappa shape index (κ2) is 10.8. The lowest BCUT2D eigenvalue weighted by Crippen LogP contribution is -2.27. The number of H-pyrrole nitrogens is 1. The van der Waals surface area contributed by atoms with Crippen molar-refractivity contribution in [2.45, 2.75) is 18.4 Å². The van der Waals surface area contributed by atoms with Crippen molar-refractivity contribution in [3.05, 3.63) is 115 Å². The van der Waals surface area contributed by atoms with Gasteiger partial charge in [-0.25, -0.2) is 22.7 Å². The van der Waals surface area contributed by atoms with Crippen molar-refractivity contribution >= 4 is 43.3 Å². The van der Waals surface area contributed by atoms with Gasteiger partial charge < -0.3 is 10.1 Å². The van der Waals surface area contributed by atoms with Crippen LogP contribution in [0.3, 0.4) is 0 Å². The Hall–Kier alpha value is -4.57. The predicted molar refractivity (Wildman–Crippen MR) is 177 cm³/mol. The van der Waals surface area contributed by atoms with E-state index in [0.717, 1.165) is 47.4 Å². The summed E-state index contributed by atoms with van der Waals surface area (Å²) in [6.07, 6.45) is 1.42. The Morgan fingerprint density at radius 3 is 2.40 bits per heavy atom. The number of rotatable bonds is 8. The Bertz CT molecular complexity index is 2140. The van der Waals surface area contributed by atoms with E-state index in [2.05, 4.69) is 44.1 Å².